The monoisotopic (exact) mass is 337 g/mol. The third-order valence-electron chi connectivity index (χ3n) is 3.41. The molecule has 8 heteroatoms. The number of oxazole rings is 1. The van der Waals surface area contributed by atoms with Gasteiger partial charge in [-0.3, -0.25) is 20.2 Å². The fraction of sp³-hybridized carbons (Fsp3) is 0. The van der Waals surface area contributed by atoms with Gasteiger partial charge in [-0.15, -0.1) is 0 Å². The molecule has 0 saturated heterocycles. The van der Waals surface area contributed by atoms with Gasteiger partial charge in [-0.1, -0.05) is 0 Å². The summed E-state index contributed by atoms with van der Waals surface area (Å²) in [5, 5.41) is 21.3. The molecule has 0 radical (unpaired) electrons. The highest BCUT2D eigenvalue weighted by Crippen LogP contribution is 2.24. The molecule has 0 atom stereocenters. The van der Waals surface area contributed by atoms with Crippen molar-refractivity contribution in [2.24, 2.45) is 0 Å². The molecular weight excluding hydrogens is 326 g/mol. The van der Waals surface area contributed by atoms with E-state index >= 15 is 0 Å². The molecule has 0 amide bonds. The first-order valence-corrected chi connectivity index (χ1v) is 7.16. The summed E-state index contributed by atoms with van der Waals surface area (Å²) in [6, 6.07) is 12.0. The fourth-order valence-electron chi connectivity index (χ4n) is 2.12. The molecule has 0 bridgehead atoms. The third-order valence-corrected chi connectivity index (χ3v) is 3.41. The quantitative estimate of drug-likeness (QED) is 0.506. The smallest absolute Gasteiger partial charge is 0.269 e. The van der Waals surface area contributed by atoms with Crippen LogP contribution in [0.15, 0.2) is 59.1 Å². The van der Waals surface area contributed by atoms with Crippen LogP contribution in [0.2, 0.25) is 0 Å². The van der Waals surface area contributed by atoms with Gasteiger partial charge in [-0.05, 0) is 35.9 Å². The predicted octanol–water partition coefficient (Wildman–Crippen LogP) is 4.33. The molecule has 0 aliphatic heterocycles. The SMILES string of the molecule is O=[N+]([O-])c1ccc(/C=C/c2ncc(-c3ccc([N+](=O)[O-])cc3)o2)cc1. The lowest BCUT2D eigenvalue weighted by Gasteiger charge is -1.95. The zero-order chi connectivity index (χ0) is 17.8. The van der Waals surface area contributed by atoms with Gasteiger partial charge in [0, 0.05) is 35.9 Å². The highest BCUT2D eigenvalue weighted by Gasteiger charge is 2.08. The van der Waals surface area contributed by atoms with Gasteiger partial charge >= 0.3 is 0 Å². The highest BCUT2D eigenvalue weighted by molar-refractivity contribution is 5.68. The number of nitrogens with zero attached hydrogens (tertiary/aromatic N) is 3. The molecule has 124 valence electrons. The van der Waals surface area contributed by atoms with E-state index in [1.807, 2.05) is 0 Å². The first-order chi connectivity index (χ1) is 12.0. The van der Waals surface area contributed by atoms with E-state index in [1.165, 1.54) is 30.5 Å². The van der Waals surface area contributed by atoms with Crippen LogP contribution in [0.5, 0.6) is 0 Å². The first-order valence-electron chi connectivity index (χ1n) is 7.16. The molecule has 8 nitrogen and oxygen atoms in total. The molecule has 0 aliphatic rings. The van der Waals surface area contributed by atoms with Gasteiger partial charge in [-0.2, -0.15) is 0 Å². The number of nitro groups is 2. The molecule has 0 spiro atoms. The van der Waals surface area contributed by atoms with Crippen LogP contribution in [0.1, 0.15) is 11.5 Å². The number of hydrogen-bond donors (Lipinski definition) is 0. The molecule has 0 N–H and O–H groups in total. The van der Waals surface area contributed by atoms with Crippen molar-refractivity contribution in [2.75, 3.05) is 0 Å². The summed E-state index contributed by atoms with van der Waals surface area (Å²) in [5.41, 5.74) is 1.46. The molecule has 0 fully saturated rings. The average Bonchev–Trinajstić information content (AvgIpc) is 3.09. The van der Waals surface area contributed by atoms with Crippen molar-refractivity contribution in [3.05, 3.63) is 86.4 Å². The summed E-state index contributed by atoms with van der Waals surface area (Å²) in [4.78, 5) is 24.5. The number of aromatic nitrogens is 1. The average molecular weight is 337 g/mol. The van der Waals surface area contributed by atoms with Crippen LogP contribution < -0.4 is 0 Å². The lowest BCUT2D eigenvalue weighted by molar-refractivity contribution is -0.385. The maximum Gasteiger partial charge on any atom is 0.269 e. The summed E-state index contributed by atoms with van der Waals surface area (Å²) >= 11 is 0. The van der Waals surface area contributed by atoms with E-state index in [-0.39, 0.29) is 11.4 Å². The van der Waals surface area contributed by atoms with E-state index in [0.717, 1.165) is 5.56 Å². The minimum absolute atomic E-state index is 0.00144. The van der Waals surface area contributed by atoms with E-state index in [1.54, 1.807) is 36.4 Å². The zero-order valence-corrected chi connectivity index (χ0v) is 12.7. The van der Waals surface area contributed by atoms with Crippen LogP contribution in [0, 0.1) is 20.2 Å². The molecule has 2 aromatic carbocycles. The van der Waals surface area contributed by atoms with Crippen molar-refractivity contribution >= 4 is 23.5 Å². The van der Waals surface area contributed by atoms with E-state index in [2.05, 4.69) is 4.98 Å². The summed E-state index contributed by atoms with van der Waals surface area (Å²) in [6.07, 6.45) is 4.88. The number of non-ortho nitro benzene ring substituents is 2. The zero-order valence-electron chi connectivity index (χ0n) is 12.7. The van der Waals surface area contributed by atoms with Gasteiger partial charge in [0.2, 0.25) is 5.89 Å². The maximum atomic E-state index is 10.7. The topological polar surface area (TPSA) is 112 Å². The van der Waals surface area contributed by atoms with Crippen LogP contribution in [-0.2, 0) is 0 Å². The molecule has 0 unspecified atom stereocenters. The molecule has 3 rings (SSSR count). The molecular formula is C17H11N3O5. The molecule has 25 heavy (non-hydrogen) atoms. The van der Waals surface area contributed by atoms with E-state index in [4.69, 9.17) is 4.42 Å². The highest BCUT2D eigenvalue weighted by atomic mass is 16.6. The van der Waals surface area contributed by atoms with Crippen LogP contribution in [0.25, 0.3) is 23.5 Å². The minimum atomic E-state index is -0.470. The predicted molar refractivity (Wildman–Crippen MR) is 90.6 cm³/mol. The van der Waals surface area contributed by atoms with Crippen molar-refractivity contribution < 1.29 is 14.3 Å². The maximum absolute atomic E-state index is 10.7. The Morgan fingerprint density at radius 3 is 1.96 bits per heavy atom. The Morgan fingerprint density at radius 1 is 0.840 bits per heavy atom. The summed E-state index contributed by atoms with van der Waals surface area (Å²) in [6.45, 7) is 0. The first kappa shape index (κ1) is 16.1. The van der Waals surface area contributed by atoms with Gasteiger partial charge in [0.25, 0.3) is 11.4 Å². The Labute approximate surface area is 141 Å². The van der Waals surface area contributed by atoms with Crippen LogP contribution >= 0.6 is 0 Å². The Morgan fingerprint density at radius 2 is 1.40 bits per heavy atom. The van der Waals surface area contributed by atoms with Gasteiger partial charge in [0.05, 0.1) is 16.0 Å². The molecule has 0 aliphatic carbocycles. The van der Waals surface area contributed by atoms with Gasteiger partial charge < -0.3 is 4.42 Å². The number of benzene rings is 2. The van der Waals surface area contributed by atoms with Crippen LogP contribution in [0.3, 0.4) is 0 Å². The van der Waals surface area contributed by atoms with Crippen LogP contribution in [-0.4, -0.2) is 14.8 Å². The largest absolute Gasteiger partial charge is 0.437 e. The van der Waals surface area contributed by atoms with Gasteiger partial charge in [0.15, 0.2) is 5.76 Å². The normalized spacial score (nSPS) is 10.9. The second-order valence-electron chi connectivity index (χ2n) is 5.05. The van der Waals surface area contributed by atoms with E-state index < -0.39 is 9.85 Å². The van der Waals surface area contributed by atoms with Crippen molar-refractivity contribution in [1.82, 2.24) is 4.98 Å². The lowest BCUT2D eigenvalue weighted by Crippen LogP contribution is -1.86. The van der Waals surface area contributed by atoms with Crippen LogP contribution in [0.4, 0.5) is 11.4 Å². The summed E-state index contributed by atoms with van der Waals surface area (Å²) < 4.78 is 5.58. The second-order valence-corrected chi connectivity index (χ2v) is 5.05. The van der Waals surface area contributed by atoms with Crippen molar-refractivity contribution in [3.8, 4) is 11.3 Å². The Balaban J connectivity index is 1.74. The number of rotatable bonds is 5. The number of hydrogen-bond acceptors (Lipinski definition) is 6. The fourth-order valence-corrected chi connectivity index (χ4v) is 2.12. The van der Waals surface area contributed by atoms with Gasteiger partial charge in [0.1, 0.15) is 0 Å². The minimum Gasteiger partial charge on any atom is -0.437 e. The van der Waals surface area contributed by atoms with E-state index in [0.29, 0.717) is 17.2 Å². The molecule has 0 saturated carbocycles. The van der Waals surface area contributed by atoms with Crippen molar-refractivity contribution in [3.63, 3.8) is 0 Å². The Kier molecular flexibility index (Phi) is 4.34. The molecule has 3 aromatic rings. The van der Waals surface area contributed by atoms with Gasteiger partial charge in [-0.25, -0.2) is 4.98 Å². The second kappa shape index (κ2) is 6.75. The van der Waals surface area contributed by atoms with Crippen molar-refractivity contribution in [1.29, 1.82) is 0 Å². The number of nitro benzene ring substituents is 2. The van der Waals surface area contributed by atoms with Crippen molar-refractivity contribution in [2.45, 2.75) is 0 Å². The molecule has 1 heterocycles. The standard InChI is InChI=1S/C17H11N3O5/c21-19(22)14-6-1-12(2-7-14)3-10-17-18-11-16(25-17)13-4-8-15(9-5-13)20(23)24/h1-11H/b10-3+. The molecule has 1 aromatic heterocycles. The summed E-state index contributed by atoms with van der Waals surface area (Å²) in [5.74, 6) is 0.838. The Bertz CT molecular complexity index is 943. The third kappa shape index (κ3) is 3.75. The van der Waals surface area contributed by atoms with E-state index in [9.17, 15) is 20.2 Å². The lowest BCUT2D eigenvalue weighted by atomic mass is 10.2. The Hall–Kier alpha value is -3.81. The summed E-state index contributed by atoms with van der Waals surface area (Å²) in [7, 11) is 0.